The van der Waals surface area contributed by atoms with Crippen molar-refractivity contribution in [2.24, 2.45) is 0 Å². The van der Waals surface area contributed by atoms with E-state index in [1.165, 1.54) is 16.7 Å². The van der Waals surface area contributed by atoms with Gasteiger partial charge in [-0.2, -0.15) is 0 Å². The van der Waals surface area contributed by atoms with Gasteiger partial charge >= 0.3 is 0 Å². The summed E-state index contributed by atoms with van der Waals surface area (Å²) in [4.78, 5) is 13.8. The molecule has 3 aromatic heterocycles. The molecular weight excluding hydrogens is 330 g/mol. The van der Waals surface area contributed by atoms with Crippen LogP contribution in [-0.4, -0.2) is 15.0 Å². The van der Waals surface area contributed by atoms with Crippen molar-refractivity contribution < 1.29 is 0 Å². The van der Waals surface area contributed by atoms with Gasteiger partial charge in [-0.25, -0.2) is 0 Å². The zero-order valence-electron chi connectivity index (χ0n) is 15.8. The van der Waals surface area contributed by atoms with E-state index in [2.05, 4.69) is 67.1 Å². The summed E-state index contributed by atoms with van der Waals surface area (Å²) in [6.07, 6.45) is 5.64. The molecule has 0 unspecified atom stereocenters. The summed E-state index contributed by atoms with van der Waals surface area (Å²) in [5.41, 5.74) is 9.71. The summed E-state index contributed by atoms with van der Waals surface area (Å²) in [6, 6.07) is 18.5. The molecule has 0 atom stereocenters. The van der Waals surface area contributed by atoms with Gasteiger partial charge < -0.3 is 0 Å². The Labute approximate surface area is 159 Å². The first-order valence-electron chi connectivity index (χ1n) is 9.04. The topological polar surface area (TPSA) is 38.7 Å². The molecule has 0 saturated heterocycles. The first-order chi connectivity index (χ1) is 13.1. The Morgan fingerprint density at radius 3 is 1.70 bits per heavy atom. The van der Waals surface area contributed by atoms with Crippen LogP contribution in [0.4, 0.5) is 0 Å². The summed E-state index contributed by atoms with van der Waals surface area (Å²) in [5.74, 6) is 0. The average Bonchev–Trinajstić information content (AvgIpc) is 2.69. The minimum absolute atomic E-state index is 0.938. The van der Waals surface area contributed by atoms with Gasteiger partial charge in [-0.1, -0.05) is 30.3 Å². The van der Waals surface area contributed by atoms with Gasteiger partial charge in [-0.3, -0.25) is 15.0 Å². The molecule has 0 aliphatic carbocycles. The third-order valence-electron chi connectivity index (χ3n) is 4.86. The SMILES string of the molecule is Cc1ccccc1-c1cc(C)c(-c2cc(C)c(-c3ccccn3)cn2)cn1. The summed E-state index contributed by atoms with van der Waals surface area (Å²) >= 11 is 0. The quantitative estimate of drug-likeness (QED) is 0.468. The number of rotatable bonds is 3. The minimum atomic E-state index is 0.938. The van der Waals surface area contributed by atoms with Crippen LogP contribution in [0, 0.1) is 20.8 Å². The van der Waals surface area contributed by atoms with E-state index in [1.807, 2.05) is 30.6 Å². The molecule has 0 aliphatic heterocycles. The number of hydrogen-bond donors (Lipinski definition) is 0. The Kier molecular flexibility index (Phi) is 4.51. The third-order valence-corrected chi connectivity index (χ3v) is 4.86. The summed E-state index contributed by atoms with van der Waals surface area (Å²) in [7, 11) is 0. The molecule has 0 spiro atoms. The predicted molar refractivity (Wildman–Crippen MR) is 110 cm³/mol. The van der Waals surface area contributed by atoms with Crippen molar-refractivity contribution >= 4 is 0 Å². The molecule has 0 fully saturated rings. The van der Waals surface area contributed by atoms with E-state index in [4.69, 9.17) is 4.98 Å². The lowest BCUT2D eigenvalue weighted by Crippen LogP contribution is -1.95. The Hall–Kier alpha value is -3.33. The highest BCUT2D eigenvalue weighted by Crippen LogP contribution is 2.29. The second-order valence-corrected chi connectivity index (χ2v) is 6.80. The van der Waals surface area contributed by atoms with E-state index in [0.29, 0.717) is 0 Å². The van der Waals surface area contributed by atoms with Crippen LogP contribution < -0.4 is 0 Å². The van der Waals surface area contributed by atoms with Gasteiger partial charge in [0.25, 0.3) is 0 Å². The second-order valence-electron chi connectivity index (χ2n) is 6.80. The molecule has 3 heterocycles. The molecule has 0 N–H and O–H groups in total. The number of pyridine rings is 3. The fourth-order valence-corrected chi connectivity index (χ4v) is 3.33. The predicted octanol–water partition coefficient (Wildman–Crippen LogP) is 5.80. The highest BCUT2D eigenvalue weighted by Gasteiger charge is 2.11. The van der Waals surface area contributed by atoms with Crippen LogP contribution in [0.2, 0.25) is 0 Å². The Morgan fingerprint density at radius 1 is 0.519 bits per heavy atom. The van der Waals surface area contributed by atoms with Gasteiger partial charge in [0.2, 0.25) is 0 Å². The van der Waals surface area contributed by atoms with Crippen molar-refractivity contribution in [3.05, 3.63) is 89.9 Å². The monoisotopic (exact) mass is 351 g/mol. The molecule has 1 aromatic carbocycles. The maximum Gasteiger partial charge on any atom is 0.0723 e. The van der Waals surface area contributed by atoms with E-state index >= 15 is 0 Å². The van der Waals surface area contributed by atoms with Crippen molar-refractivity contribution in [2.45, 2.75) is 20.8 Å². The van der Waals surface area contributed by atoms with Crippen LogP contribution in [0.1, 0.15) is 16.7 Å². The number of benzene rings is 1. The van der Waals surface area contributed by atoms with Crippen LogP contribution in [-0.2, 0) is 0 Å². The lowest BCUT2D eigenvalue weighted by molar-refractivity contribution is 1.22. The normalized spacial score (nSPS) is 10.8. The zero-order valence-corrected chi connectivity index (χ0v) is 15.8. The van der Waals surface area contributed by atoms with Gasteiger partial charge in [-0.15, -0.1) is 0 Å². The highest BCUT2D eigenvalue weighted by molar-refractivity contribution is 5.72. The molecule has 3 nitrogen and oxygen atoms in total. The smallest absolute Gasteiger partial charge is 0.0723 e. The number of hydrogen-bond acceptors (Lipinski definition) is 3. The van der Waals surface area contributed by atoms with E-state index in [9.17, 15) is 0 Å². The van der Waals surface area contributed by atoms with Crippen molar-refractivity contribution in [2.75, 3.05) is 0 Å². The lowest BCUT2D eigenvalue weighted by Gasteiger charge is -2.11. The zero-order chi connectivity index (χ0) is 18.8. The molecule has 0 amide bonds. The van der Waals surface area contributed by atoms with Gasteiger partial charge in [-0.05, 0) is 61.7 Å². The van der Waals surface area contributed by atoms with Gasteiger partial charge in [0, 0.05) is 35.3 Å². The molecular formula is C24H21N3. The Morgan fingerprint density at radius 2 is 1.11 bits per heavy atom. The van der Waals surface area contributed by atoms with Crippen molar-refractivity contribution in [3.8, 4) is 33.8 Å². The van der Waals surface area contributed by atoms with E-state index in [0.717, 1.165) is 33.8 Å². The average molecular weight is 351 g/mol. The van der Waals surface area contributed by atoms with Crippen molar-refractivity contribution in [1.29, 1.82) is 0 Å². The van der Waals surface area contributed by atoms with Gasteiger partial charge in [0.15, 0.2) is 0 Å². The molecule has 4 aromatic rings. The molecule has 27 heavy (non-hydrogen) atoms. The largest absolute Gasteiger partial charge is 0.256 e. The fraction of sp³-hybridized carbons (Fsp3) is 0.125. The number of aryl methyl sites for hydroxylation is 3. The summed E-state index contributed by atoms with van der Waals surface area (Å²) in [5, 5.41) is 0. The maximum atomic E-state index is 4.70. The molecule has 0 bridgehead atoms. The molecule has 3 heteroatoms. The second kappa shape index (κ2) is 7.12. The number of nitrogens with zero attached hydrogens (tertiary/aromatic N) is 3. The van der Waals surface area contributed by atoms with Crippen LogP contribution in [0.3, 0.4) is 0 Å². The summed E-state index contributed by atoms with van der Waals surface area (Å²) < 4.78 is 0. The molecule has 132 valence electrons. The summed E-state index contributed by atoms with van der Waals surface area (Å²) in [6.45, 7) is 6.32. The molecule has 4 rings (SSSR count). The molecule has 0 radical (unpaired) electrons. The maximum absolute atomic E-state index is 4.70. The lowest BCUT2D eigenvalue weighted by atomic mass is 9.99. The molecule has 0 aliphatic rings. The minimum Gasteiger partial charge on any atom is -0.256 e. The van der Waals surface area contributed by atoms with E-state index in [1.54, 1.807) is 6.20 Å². The first-order valence-corrected chi connectivity index (χ1v) is 9.04. The van der Waals surface area contributed by atoms with Crippen LogP contribution in [0.5, 0.6) is 0 Å². The van der Waals surface area contributed by atoms with E-state index in [-0.39, 0.29) is 0 Å². The fourth-order valence-electron chi connectivity index (χ4n) is 3.33. The Balaban J connectivity index is 1.72. The highest BCUT2D eigenvalue weighted by atomic mass is 14.7. The Bertz CT molecular complexity index is 1100. The third kappa shape index (κ3) is 3.36. The van der Waals surface area contributed by atoms with Crippen molar-refractivity contribution in [1.82, 2.24) is 15.0 Å². The van der Waals surface area contributed by atoms with E-state index < -0.39 is 0 Å². The standard InChI is InChI=1S/C24H21N3/c1-16-8-4-5-9-19(16)23-12-18(3)21(15-26-23)24-13-17(2)20(14-27-24)22-10-6-7-11-25-22/h4-15H,1-3H3. The van der Waals surface area contributed by atoms with Crippen LogP contribution in [0.25, 0.3) is 33.8 Å². The number of aromatic nitrogens is 3. The van der Waals surface area contributed by atoms with Gasteiger partial charge in [0.05, 0.1) is 17.1 Å². The molecule has 0 saturated carbocycles. The van der Waals surface area contributed by atoms with Crippen LogP contribution >= 0.6 is 0 Å². The van der Waals surface area contributed by atoms with Gasteiger partial charge in [0.1, 0.15) is 0 Å². The van der Waals surface area contributed by atoms with Crippen molar-refractivity contribution in [3.63, 3.8) is 0 Å². The van der Waals surface area contributed by atoms with Crippen LogP contribution in [0.15, 0.2) is 73.2 Å². The first kappa shape index (κ1) is 17.1.